The lowest BCUT2D eigenvalue weighted by molar-refractivity contribution is -0.116. The van der Waals surface area contributed by atoms with Crippen LogP contribution >= 0.6 is 0 Å². The molecule has 7 heteroatoms. The Labute approximate surface area is 145 Å². The Morgan fingerprint density at radius 3 is 2.64 bits per heavy atom. The number of fused-ring (bicyclic) bond motifs is 1. The smallest absolute Gasteiger partial charge is 0.224 e. The van der Waals surface area contributed by atoms with Crippen molar-refractivity contribution in [3.8, 4) is 0 Å². The van der Waals surface area contributed by atoms with Gasteiger partial charge in [0.05, 0.1) is 0 Å². The van der Waals surface area contributed by atoms with Gasteiger partial charge in [0, 0.05) is 37.3 Å². The summed E-state index contributed by atoms with van der Waals surface area (Å²) in [6.45, 7) is 1.44. The average Bonchev–Trinajstić information content (AvgIpc) is 2.98. The molecule has 2 aromatic heterocycles. The lowest BCUT2D eigenvalue weighted by Crippen LogP contribution is -2.12. The normalized spacial score (nSPS) is 10.6. The van der Waals surface area contributed by atoms with Crippen molar-refractivity contribution in [3.05, 3.63) is 54.5 Å². The highest BCUT2D eigenvalue weighted by atomic mass is 16.2. The maximum absolute atomic E-state index is 12.1. The minimum atomic E-state index is -0.149. The number of aromatic nitrogens is 3. The van der Waals surface area contributed by atoms with Crippen molar-refractivity contribution < 1.29 is 9.59 Å². The first kappa shape index (κ1) is 16.6. The largest absolute Gasteiger partial charge is 0.326 e. The molecule has 0 fully saturated rings. The maximum atomic E-state index is 12.1. The zero-order valence-corrected chi connectivity index (χ0v) is 13.9. The summed E-state index contributed by atoms with van der Waals surface area (Å²) in [6, 6.07) is 12.8. The van der Waals surface area contributed by atoms with E-state index in [2.05, 4.69) is 20.8 Å². The van der Waals surface area contributed by atoms with Crippen molar-refractivity contribution >= 4 is 28.8 Å². The highest BCUT2D eigenvalue weighted by Crippen LogP contribution is 2.15. The first-order valence-corrected chi connectivity index (χ1v) is 8.08. The van der Waals surface area contributed by atoms with E-state index in [1.807, 2.05) is 28.8 Å². The minimum Gasteiger partial charge on any atom is -0.326 e. The van der Waals surface area contributed by atoms with Crippen LogP contribution in [0.3, 0.4) is 0 Å². The number of benzene rings is 1. The number of carbonyl (C=O) groups is 2. The highest BCUT2D eigenvalue weighted by molar-refractivity contribution is 5.93. The van der Waals surface area contributed by atoms with Crippen LogP contribution in [0.25, 0.3) is 5.65 Å². The van der Waals surface area contributed by atoms with Gasteiger partial charge in [0.1, 0.15) is 5.82 Å². The summed E-state index contributed by atoms with van der Waals surface area (Å²) in [4.78, 5) is 23.2. The number of hydrogen-bond donors (Lipinski definition) is 2. The molecule has 25 heavy (non-hydrogen) atoms. The number of hydrogen-bond acceptors (Lipinski definition) is 4. The molecule has 1 aromatic carbocycles. The molecule has 0 aliphatic heterocycles. The fourth-order valence-corrected chi connectivity index (χ4v) is 2.57. The van der Waals surface area contributed by atoms with Crippen LogP contribution in [0.1, 0.15) is 25.6 Å². The van der Waals surface area contributed by atoms with Crippen LogP contribution < -0.4 is 10.6 Å². The van der Waals surface area contributed by atoms with Crippen molar-refractivity contribution in [1.29, 1.82) is 0 Å². The third-order valence-corrected chi connectivity index (χ3v) is 3.66. The first-order chi connectivity index (χ1) is 12.1. The van der Waals surface area contributed by atoms with Gasteiger partial charge < -0.3 is 10.6 Å². The third kappa shape index (κ3) is 4.41. The molecule has 0 atom stereocenters. The molecule has 0 aliphatic carbocycles. The minimum absolute atomic E-state index is 0.0752. The van der Waals surface area contributed by atoms with Crippen molar-refractivity contribution in [3.63, 3.8) is 0 Å². The number of nitrogens with one attached hydrogen (secondary N) is 2. The molecule has 0 radical (unpaired) electrons. The number of amides is 2. The fourth-order valence-electron chi connectivity index (χ4n) is 2.57. The molecule has 128 valence electrons. The van der Waals surface area contributed by atoms with Crippen molar-refractivity contribution in [2.75, 3.05) is 10.6 Å². The van der Waals surface area contributed by atoms with Gasteiger partial charge in [-0.1, -0.05) is 12.1 Å². The van der Waals surface area contributed by atoms with E-state index >= 15 is 0 Å². The van der Waals surface area contributed by atoms with E-state index in [-0.39, 0.29) is 11.8 Å². The molecule has 0 bridgehead atoms. The summed E-state index contributed by atoms with van der Waals surface area (Å²) < 4.78 is 1.93. The van der Waals surface area contributed by atoms with Gasteiger partial charge in [0.25, 0.3) is 0 Å². The number of nitrogens with zero attached hydrogens (tertiary/aromatic N) is 3. The highest BCUT2D eigenvalue weighted by Gasteiger charge is 2.07. The summed E-state index contributed by atoms with van der Waals surface area (Å²) in [5, 5.41) is 13.8. The van der Waals surface area contributed by atoms with E-state index in [9.17, 15) is 9.59 Å². The Morgan fingerprint density at radius 1 is 1.04 bits per heavy atom. The predicted octanol–water partition coefficient (Wildman–Crippen LogP) is 2.65. The molecule has 2 amide bonds. The summed E-state index contributed by atoms with van der Waals surface area (Å²) in [6.07, 6.45) is 3.64. The van der Waals surface area contributed by atoms with Crippen molar-refractivity contribution in [2.24, 2.45) is 0 Å². The lowest BCUT2D eigenvalue weighted by Gasteiger charge is -2.07. The van der Waals surface area contributed by atoms with Crippen LogP contribution in [0.4, 0.5) is 11.4 Å². The monoisotopic (exact) mass is 337 g/mol. The second kappa shape index (κ2) is 7.57. The Morgan fingerprint density at radius 2 is 1.84 bits per heavy atom. The third-order valence-electron chi connectivity index (χ3n) is 3.66. The Kier molecular flexibility index (Phi) is 5.03. The van der Waals surface area contributed by atoms with Crippen LogP contribution in [-0.2, 0) is 16.0 Å². The van der Waals surface area contributed by atoms with Gasteiger partial charge in [-0.3, -0.25) is 14.0 Å². The van der Waals surface area contributed by atoms with E-state index in [1.54, 1.807) is 24.3 Å². The molecular weight excluding hydrogens is 318 g/mol. The van der Waals surface area contributed by atoms with Gasteiger partial charge in [-0.15, -0.1) is 10.2 Å². The molecule has 2 heterocycles. The summed E-state index contributed by atoms with van der Waals surface area (Å²) in [7, 11) is 0. The number of rotatable bonds is 6. The molecule has 0 aliphatic rings. The zero-order chi connectivity index (χ0) is 17.6. The topological polar surface area (TPSA) is 88.4 Å². The van der Waals surface area contributed by atoms with Crippen molar-refractivity contribution in [1.82, 2.24) is 14.6 Å². The summed E-state index contributed by atoms with van der Waals surface area (Å²) in [5.41, 5.74) is 2.11. The Balaban J connectivity index is 1.52. The van der Waals surface area contributed by atoms with Gasteiger partial charge >= 0.3 is 0 Å². The number of carbonyl (C=O) groups excluding carboxylic acids is 2. The average molecular weight is 337 g/mol. The van der Waals surface area contributed by atoms with Gasteiger partial charge in [0.15, 0.2) is 5.65 Å². The van der Waals surface area contributed by atoms with E-state index in [0.29, 0.717) is 30.6 Å². The summed E-state index contributed by atoms with van der Waals surface area (Å²) in [5.74, 6) is 0.619. The lowest BCUT2D eigenvalue weighted by atomic mass is 10.2. The van der Waals surface area contributed by atoms with Gasteiger partial charge in [-0.2, -0.15) is 0 Å². The molecule has 0 spiro atoms. The van der Waals surface area contributed by atoms with Crippen LogP contribution in [0, 0.1) is 0 Å². The van der Waals surface area contributed by atoms with E-state index in [1.165, 1.54) is 6.92 Å². The van der Waals surface area contributed by atoms with Crippen molar-refractivity contribution in [2.45, 2.75) is 26.2 Å². The molecular formula is C18H19N5O2. The number of aryl methyl sites for hydroxylation is 1. The number of anilines is 2. The quantitative estimate of drug-likeness (QED) is 0.724. The Bertz CT molecular complexity index is 903. The zero-order valence-electron chi connectivity index (χ0n) is 13.9. The van der Waals surface area contributed by atoms with Crippen LogP contribution in [0.2, 0.25) is 0 Å². The van der Waals surface area contributed by atoms with Gasteiger partial charge in [-0.25, -0.2) is 0 Å². The first-order valence-electron chi connectivity index (χ1n) is 8.08. The predicted molar refractivity (Wildman–Crippen MR) is 95.3 cm³/mol. The fraction of sp³-hybridized carbons (Fsp3) is 0.222. The van der Waals surface area contributed by atoms with Crippen LogP contribution in [-0.4, -0.2) is 26.4 Å². The van der Waals surface area contributed by atoms with E-state index < -0.39 is 0 Å². The second-order valence-electron chi connectivity index (χ2n) is 5.71. The molecule has 3 aromatic rings. The van der Waals surface area contributed by atoms with Gasteiger partial charge in [-0.05, 0) is 36.8 Å². The maximum Gasteiger partial charge on any atom is 0.224 e. The molecule has 0 saturated heterocycles. The SMILES string of the molecule is CC(=O)Nc1cccc(NC(=O)CCCc2nnc3ccccn23)c1. The standard InChI is InChI=1S/C18H19N5O2/c1-13(24)19-14-6-4-7-15(12-14)20-18(25)10-5-9-17-22-21-16-8-2-3-11-23(16)17/h2-4,6-8,11-12H,5,9-10H2,1H3,(H,19,24)(H,20,25). The second-order valence-corrected chi connectivity index (χ2v) is 5.71. The summed E-state index contributed by atoms with van der Waals surface area (Å²) >= 11 is 0. The van der Waals surface area contributed by atoms with Gasteiger partial charge in [0.2, 0.25) is 11.8 Å². The molecule has 3 rings (SSSR count). The Hall–Kier alpha value is -3.22. The molecule has 0 unspecified atom stereocenters. The molecule has 7 nitrogen and oxygen atoms in total. The van der Waals surface area contributed by atoms with E-state index in [0.717, 1.165) is 11.5 Å². The number of pyridine rings is 1. The molecule has 2 N–H and O–H groups in total. The van der Waals surface area contributed by atoms with E-state index in [4.69, 9.17) is 0 Å². The van der Waals surface area contributed by atoms with Crippen LogP contribution in [0.5, 0.6) is 0 Å². The van der Waals surface area contributed by atoms with Crippen LogP contribution in [0.15, 0.2) is 48.7 Å². The molecule has 0 saturated carbocycles.